The summed E-state index contributed by atoms with van der Waals surface area (Å²) in [6.07, 6.45) is 3.82. The molecule has 1 atom stereocenters. The molecule has 2 aliphatic rings. The van der Waals surface area contributed by atoms with Crippen molar-refractivity contribution in [3.63, 3.8) is 0 Å². The molecule has 1 saturated heterocycles. The lowest BCUT2D eigenvalue weighted by atomic mass is 10.0. The predicted molar refractivity (Wildman–Crippen MR) is 104 cm³/mol. The summed E-state index contributed by atoms with van der Waals surface area (Å²) in [7, 11) is -0.726. The van der Waals surface area contributed by atoms with Crippen LogP contribution in [0, 0.1) is 5.92 Å². The zero-order valence-corrected chi connectivity index (χ0v) is 16.2. The predicted octanol–water partition coefficient (Wildman–Crippen LogP) is 2.31. The number of aryl methyl sites for hydroxylation is 1. The van der Waals surface area contributed by atoms with E-state index in [1.54, 1.807) is 0 Å². The summed E-state index contributed by atoms with van der Waals surface area (Å²) in [5.41, 5.74) is 5.07. The van der Waals surface area contributed by atoms with Crippen LogP contribution in [0.3, 0.4) is 0 Å². The van der Waals surface area contributed by atoms with Gasteiger partial charge < -0.3 is 4.90 Å². The van der Waals surface area contributed by atoms with Crippen molar-refractivity contribution < 1.29 is 8.42 Å². The van der Waals surface area contributed by atoms with E-state index in [1.807, 2.05) is 17.8 Å². The molecule has 1 aromatic carbocycles. The van der Waals surface area contributed by atoms with Gasteiger partial charge in [-0.2, -0.15) is 5.10 Å². The molecule has 2 aliphatic heterocycles. The molecule has 1 fully saturated rings. The zero-order valence-electron chi connectivity index (χ0n) is 15.4. The second-order valence-electron chi connectivity index (χ2n) is 7.66. The average Bonchev–Trinajstić information content (AvgIpc) is 3.06. The Kier molecular flexibility index (Phi) is 4.88. The second-order valence-corrected chi connectivity index (χ2v) is 9.89. The molecular formula is C20H27N3O2S. The maximum absolute atomic E-state index is 11.6. The zero-order chi connectivity index (χ0) is 18.1. The van der Waals surface area contributed by atoms with Crippen molar-refractivity contribution in [3.05, 3.63) is 41.6 Å². The van der Waals surface area contributed by atoms with Crippen LogP contribution in [0.5, 0.6) is 0 Å². The van der Waals surface area contributed by atoms with Gasteiger partial charge in [-0.25, -0.2) is 8.42 Å². The molecule has 0 aliphatic carbocycles. The summed E-state index contributed by atoms with van der Waals surface area (Å²) < 4.78 is 25.3. The van der Waals surface area contributed by atoms with Crippen LogP contribution in [0.1, 0.15) is 24.1 Å². The molecule has 0 N–H and O–H groups in total. The Morgan fingerprint density at radius 3 is 2.65 bits per heavy atom. The Bertz CT molecular complexity index is 874. The highest BCUT2D eigenvalue weighted by Crippen LogP contribution is 2.29. The molecule has 5 nitrogen and oxygen atoms in total. The molecule has 26 heavy (non-hydrogen) atoms. The van der Waals surface area contributed by atoms with E-state index in [4.69, 9.17) is 5.10 Å². The minimum atomic E-state index is -2.76. The van der Waals surface area contributed by atoms with Gasteiger partial charge in [-0.15, -0.1) is 0 Å². The summed E-state index contributed by atoms with van der Waals surface area (Å²) >= 11 is 0. The molecule has 0 bridgehead atoms. The van der Waals surface area contributed by atoms with Gasteiger partial charge in [0.05, 0.1) is 22.9 Å². The summed E-state index contributed by atoms with van der Waals surface area (Å²) in [6.45, 7) is 3.03. The summed E-state index contributed by atoms with van der Waals surface area (Å²) in [4.78, 5) is 2.49. The fraction of sp³-hybridized carbons (Fsp3) is 0.550. The standard InChI is InChI=1S/C20H27N3O2S/c1-22-20(17-5-3-2-4-6-17)18-8-12-23(13-9-19(18)21-22)11-7-16-10-14-26(24,25)15-16/h2-6,16H,7-15H2,1H3. The van der Waals surface area contributed by atoms with Crippen LogP contribution in [0.15, 0.2) is 30.3 Å². The molecule has 0 radical (unpaired) electrons. The first-order valence-corrected chi connectivity index (χ1v) is 11.4. The van der Waals surface area contributed by atoms with Gasteiger partial charge in [0.2, 0.25) is 0 Å². The molecule has 0 spiro atoms. The van der Waals surface area contributed by atoms with Crippen molar-refractivity contribution in [2.24, 2.45) is 13.0 Å². The monoisotopic (exact) mass is 373 g/mol. The summed E-state index contributed by atoms with van der Waals surface area (Å²) in [5.74, 6) is 1.13. The number of rotatable bonds is 4. The number of aromatic nitrogens is 2. The van der Waals surface area contributed by atoms with E-state index in [-0.39, 0.29) is 0 Å². The van der Waals surface area contributed by atoms with Crippen molar-refractivity contribution >= 4 is 9.84 Å². The Morgan fingerprint density at radius 2 is 1.92 bits per heavy atom. The summed E-state index contributed by atoms with van der Waals surface area (Å²) in [5, 5.41) is 4.79. The summed E-state index contributed by atoms with van der Waals surface area (Å²) in [6, 6.07) is 10.5. The van der Waals surface area contributed by atoms with E-state index in [2.05, 4.69) is 29.2 Å². The van der Waals surface area contributed by atoms with Gasteiger partial charge in [0, 0.05) is 37.7 Å². The van der Waals surface area contributed by atoms with Gasteiger partial charge >= 0.3 is 0 Å². The van der Waals surface area contributed by atoms with E-state index in [0.717, 1.165) is 45.3 Å². The minimum Gasteiger partial charge on any atom is -0.303 e. The van der Waals surface area contributed by atoms with Crippen LogP contribution < -0.4 is 0 Å². The third kappa shape index (κ3) is 3.71. The smallest absolute Gasteiger partial charge is 0.150 e. The fourth-order valence-corrected chi connectivity index (χ4v) is 6.29. The van der Waals surface area contributed by atoms with Crippen molar-refractivity contribution in [1.29, 1.82) is 0 Å². The van der Waals surface area contributed by atoms with Crippen molar-refractivity contribution in [2.45, 2.75) is 25.7 Å². The SMILES string of the molecule is Cn1nc2c(c1-c1ccccc1)CCN(CCC1CCS(=O)(=O)C1)CC2. The Balaban J connectivity index is 1.43. The van der Waals surface area contributed by atoms with Gasteiger partial charge in [0.1, 0.15) is 0 Å². The molecule has 4 rings (SSSR count). The molecule has 0 amide bonds. The fourth-order valence-electron chi connectivity index (χ4n) is 4.38. The lowest BCUT2D eigenvalue weighted by Gasteiger charge is -2.21. The van der Waals surface area contributed by atoms with Crippen LogP contribution >= 0.6 is 0 Å². The molecule has 2 aromatic rings. The van der Waals surface area contributed by atoms with E-state index in [1.165, 1.54) is 22.5 Å². The Labute approximate surface area is 155 Å². The average molecular weight is 374 g/mol. The van der Waals surface area contributed by atoms with Gasteiger partial charge in [0.25, 0.3) is 0 Å². The van der Waals surface area contributed by atoms with E-state index in [0.29, 0.717) is 17.4 Å². The molecule has 140 valence electrons. The largest absolute Gasteiger partial charge is 0.303 e. The molecule has 3 heterocycles. The van der Waals surface area contributed by atoms with Crippen LogP contribution in [-0.4, -0.2) is 54.2 Å². The quantitative estimate of drug-likeness (QED) is 0.825. The minimum absolute atomic E-state index is 0.352. The van der Waals surface area contributed by atoms with Gasteiger partial charge in [-0.3, -0.25) is 4.68 Å². The van der Waals surface area contributed by atoms with Gasteiger partial charge in [-0.05, 0) is 31.7 Å². The van der Waals surface area contributed by atoms with Crippen LogP contribution in [0.25, 0.3) is 11.3 Å². The first-order chi connectivity index (χ1) is 12.5. The third-order valence-corrected chi connectivity index (χ3v) is 7.64. The van der Waals surface area contributed by atoms with Crippen LogP contribution in [0.2, 0.25) is 0 Å². The maximum Gasteiger partial charge on any atom is 0.150 e. The number of hydrogen-bond acceptors (Lipinski definition) is 4. The van der Waals surface area contributed by atoms with E-state index >= 15 is 0 Å². The van der Waals surface area contributed by atoms with Gasteiger partial charge in [-0.1, -0.05) is 30.3 Å². The molecular weight excluding hydrogens is 346 g/mol. The molecule has 1 aromatic heterocycles. The third-order valence-electron chi connectivity index (χ3n) is 5.80. The van der Waals surface area contributed by atoms with E-state index < -0.39 is 9.84 Å². The lowest BCUT2D eigenvalue weighted by Crippen LogP contribution is -2.29. The van der Waals surface area contributed by atoms with Gasteiger partial charge in [0.15, 0.2) is 9.84 Å². The number of sulfone groups is 1. The second kappa shape index (κ2) is 7.16. The first kappa shape index (κ1) is 17.7. The van der Waals surface area contributed by atoms with Crippen molar-refractivity contribution in [1.82, 2.24) is 14.7 Å². The van der Waals surface area contributed by atoms with Crippen LogP contribution in [0.4, 0.5) is 0 Å². The maximum atomic E-state index is 11.6. The highest BCUT2D eigenvalue weighted by atomic mass is 32.2. The van der Waals surface area contributed by atoms with Crippen molar-refractivity contribution in [3.8, 4) is 11.3 Å². The van der Waals surface area contributed by atoms with E-state index in [9.17, 15) is 8.42 Å². The van der Waals surface area contributed by atoms with Crippen molar-refractivity contribution in [2.75, 3.05) is 31.1 Å². The number of nitrogens with zero attached hydrogens (tertiary/aromatic N) is 3. The number of benzene rings is 1. The lowest BCUT2D eigenvalue weighted by molar-refractivity contribution is 0.266. The molecule has 1 unspecified atom stereocenters. The first-order valence-electron chi connectivity index (χ1n) is 9.55. The number of hydrogen-bond donors (Lipinski definition) is 0. The highest BCUT2D eigenvalue weighted by molar-refractivity contribution is 7.91. The van der Waals surface area contributed by atoms with Crippen LogP contribution in [-0.2, 0) is 29.7 Å². The number of fused-ring (bicyclic) bond motifs is 1. The molecule has 6 heteroatoms. The Hall–Kier alpha value is -1.66. The normalized spacial score (nSPS) is 22.9. The Morgan fingerprint density at radius 1 is 1.15 bits per heavy atom. The topological polar surface area (TPSA) is 55.2 Å². The highest BCUT2D eigenvalue weighted by Gasteiger charge is 2.28. The molecule has 0 saturated carbocycles.